The lowest BCUT2D eigenvalue weighted by Gasteiger charge is -2.20. The van der Waals surface area contributed by atoms with Crippen LogP contribution in [0.25, 0.3) is 0 Å². The lowest BCUT2D eigenvalue weighted by Crippen LogP contribution is -2.18. The van der Waals surface area contributed by atoms with Gasteiger partial charge in [0.1, 0.15) is 0 Å². The van der Waals surface area contributed by atoms with Gasteiger partial charge in [0.05, 0.1) is 14.2 Å². The first-order valence-electron chi connectivity index (χ1n) is 6.77. The van der Waals surface area contributed by atoms with E-state index in [1.807, 2.05) is 42.5 Å². The Labute approximate surface area is 131 Å². The predicted molar refractivity (Wildman–Crippen MR) is 86.2 cm³/mol. The van der Waals surface area contributed by atoms with Crippen molar-refractivity contribution in [1.29, 1.82) is 0 Å². The molecule has 0 heterocycles. The van der Waals surface area contributed by atoms with Crippen LogP contribution in [0.2, 0.25) is 5.02 Å². The Morgan fingerprint density at radius 2 is 1.57 bits per heavy atom. The van der Waals surface area contributed by atoms with Gasteiger partial charge >= 0.3 is 0 Å². The highest BCUT2D eigenvalue weighted by molar-refractivity contribution is 6.31. The van der Waals surface area contributed by atoms with E-state index in [4.69, 9.17) is 21.1 Å². The van der Waals surface area contributed by atoms with Crippen LogP contribution in [0.15, 0.2) is 42.5 Å². The average molecular weight is 306 g/mol. The summed E-state index contributed by atoms with van der Waals surface area (Å²) in [6, 6.07) is 13.8. The number of halogens is 1. The molecule has 0 N–H and O–H groups in total. The molecule has 0 aromatic heterocycles. The van der Waals surface area contributed by atoms with Crippen molar-refractivity contribution in [2.24, 2.45) is 0 Å². The van der Waals surface area contributed by atoms with Crippen LogP contribution in [0.1, 0.15) is 11.1 Å². The van der Waals surface area contributed by atoms with Crippen LogP contribution in [0.4, 0.5) is 0 Å². The Bertz CT molecular complexity index is 601. The van der Waals surface area contributed by atoms with Gasteiger partial charge in [-0.2, -0.15) is 0 Å². The van der Waals surface area contributed by atoms with Crippen LogP contribution < -0.4 is 9.47 Å². The van der Waals surface area contributed by atoms with E-state index in [2.05, 4.69) is 11.9 Å². The smallest absolute Gasteiger partial charge is 0.165 e. The minimum atomic E-state index is 0.751. The molecule has 0 amide bonds. The van der Waals surface area contributed by atoms with Gasteiger partial charge in [-0.3, -0.25) is 4.90 Å². The van der Waals surface area contributed by atoms with Crippen LogP contribution in [-0.4, -0.2) is 26.2 Å². The van der Waals surface area contributed by atoms with E-state index in [1.165, 1.54) is 0 Å². The van der Waals surface area contributed by atoms with Crippen LogP contribution >= 0.6 is 11.6 Å². The minimum absolute atomic E-state index is 0.751. The van der Waals surface area contributed by atoms with Crippen LogP contribution in [-0.2, 0) is 13.1 Å². The van der Waals surface area contributed by atoms with Crippen LogP contribution in [0, 0.1) is 0 Å². The summed E-state index contributed by atoms with van der Waals surface area (Å²) < 4.78 is 10.8. The summed E-state index contributed by atoms with van der Waals surface area (Å²) >= 11 is 6.21. The van der Waals surface area contributed by atoms with Gasteiger partial charge in [-0.25, -0.2) is 0 Å². The van der Waals surface area contributed by atoms with Crippen molar-refractivity contribution in [1.82, 2.24) is 4.90 Å². The van der Waals surface area contributed by atoms with Crippen molar-refractivity contribution in [3.05, 3.63) is 58.6 Å². The van der Waals surface area contributed by atoms with E-state index in [9.17, 15) is 0 Å². The van der Waals surface area contributed by atoms with Crippen molar-refractivity contribution >= 4 is 11.6 Å². The molecule has 0 fully saturated rings. The molecule has 112 valence electrons. The zero-order valence-corrected chi connectivity index (χ0v) is 13.4. The van der Waals surface area contributed by atoms with Crippen molar-refractivity contribution in [2.45, 2.75) is 13.1 Å². The largest absolute Gasteiger partial charge is 0.493 e. The highest BCUT2D eigenvalue weighted by Crippen LogP contribution is 2.31. The lowest BCUT2D eigenvalue weighted by molar-refractivity contribution is 0.303. The third-order valence-electron chi connectivity index (χ3n) is 3.32. The van der Waals surface area contributed by atoms with Gasteiger partial charge in [-0.05, 0) is 24.7 Å². The van der Waals surface area contributed by atoms with Gasteiger partial charge in [-0.15, -0.1) is 0 Å². The summed E-state index contributed by atoms with van der Waals surface area (Å²) in [6.45, 7) is 1.53. The Morgan fingerprint density at radius 3 is 2.24 bits per heavy atom. The van der Waals surface area contributed by atoms with Gasteiger partial charge in [0, 0.05) is 23.7 Å². The summed E-state index contributed by atoms with van der Waals surface area (Å²) in [5, 5.41) is 0.793. The Kier molecular flexibility index (Phi) is 5.48. The van der Waals surface area contributed by atoms with Crippen molar-refractivity contribution in [3.8, 4) is 11.5 Å². The average Bonchev–Trinajstić information content (AvgIpc) is 2.49. The molecule has 0 bridgehead atoms. The topological polar surface area (TPSA) is 21.7 Å². The maximum Gasteiger partial charge on any atom is 0.165 e. The Morgan fingerprint density at radius 1 is 0.905 bits per heavy atom. The minimum Gasteiger partial charge on any atom is -0.493 e. The van der Waals surface area contributed by atoms with Gasteiger partial charge in [0.2, 0.25) is 0 Å². The van der Waals surface area contributed by atoms with Gasteiger partial charge in [0.25, 0.3) is 0 Å². The summed E-state index contributed by atoms with van der Waals surface area (Å²) in [5.74, 6) is 1.53. The summed E-state index contributed by atoms with van der Waals surface area (Å²) in [5.41, 5.74) is 2.20. The third kappa shape index (κ3) is 3.90. The fourth-order valence-electron chi connectivity index (χ4n) is 2.34. The molecule has 4 heteroatoms. The van der Waals surface area contributed by atoms with E-state index in [0.717, 1.165) is 40.7 Å². The molecule has 0 saturated heterocycles. The number of nitrogens with zero attached hydrogens (tertiary/aromatic N) is 1. The SMILES string of the molecule is COc1cccc(CN(C)Cc2ccccc2Cl)c1OC. The summed E-state index contributed by atoms with van der Waals surface area (Å²) in [4.78, 5) is 2.19. The molecule has 0 saturated carbocycles. The third-order valence-corrected chi connectivity index (χ3v) is 3.69. The first-order valence-corrected chi connectivity index (χ1v) is 7.15. The second kappa shape index (κ2) is 7.34. The maximum absolute atomic E-state index is 6.21. The van der Waals surface area contributed by atoms with Crippen molar-refractivity contribution in [2.75, 3.05) is 21.3 Å². The van der Waals surface area contributed by atoms with Gasteiger partial charge in [0.15, 0.2) is 11.5 Å². The van der Waals surface area contributed by atoms with Crippen molar-refractivity contribution in [3.63, 3.8) is 0 Å². The quantitative estimate of drug-likeness (QED) is 0.805. The summed E-state index contributed by atoms with van der Waals surface area (Å²) in [7, 11) is 5.37. The zero-order chi connectivity index (χ0) is 15.2. The molecule has 0 spiro atoms. The molecule has 2 rings (SSSR count). The molecular formula is C17H20ClNO2. The number of para-hydroxylation sites is 1. The maximum atomic E-state index is 6.21. The Hall–Kier alpha value is -1.71. The van der Waals surface area contributed by atoms with Crippen LogP contribution in [0.5, 0.6) is 11.5 Å². The second-order valence-electron chi connectivity index (χ2n) is 4.92. The van der Waals surface area contributed by atoms with E-state index in [1.54, 1.807) is 14.2 Å². The number of hydrogen-bond donors (Lipinski definition) is 0. The number of hydrogen-bond acceptors (Lipinski definition) is 3. The predicted octanol–water partition coefficient (Wildman–Crippen LogP) is 3.99. The molecule has 0 radical (unpaired) electrons. The number of rotatable bonds is 6. The van der Waals surface area contributed by atoms with E-state index in [0.29, 0.717) is 0 Å². The lowest BCUT2D eigenvalue weighted by atomic mass is 10.1. The molecule has 2 aromatic rings. The van der Waals surface area contributed by atoms with E-state index in [-0.39, 0.29) is 0 Å². The van der Waals surface area contributed by atoms with Crippen LogP contribution in [0.3, 0.4) is 0 Å². The fraction of sp³-hybridized carbons (Fsp3) is 0.294. The molecule has 0 aliphatic heterocycles. The van der Waals surface area contributed by atoms with Gasteiger partial charge in [-0.1, -0.05) is 41.9 Å². The highest BCUT2D eigenvalue weighted by Gasteiger charge is 2.12. The fourth-order valence-corrected chi connectivity index (χ4v) is 2.54. The van der Waals surface area contributed by atoms with Crippen molar-refractivity contribution < 1.29 is 9.47 Å². The molecule has 0 aliphatic carbocycles. The molecule has 21 heavy (non-hydrogen) atoms. The molecular weight excluding hydrogens is 286 g/mol. The zero-order valence-electron chi connectivity index (χ0n) is 12.6. The van der Waals surface area contributed by atoms with E-state index < -0.39 is 0 Å². The summed E-state index contributed by atoms with van der Waals surface area (Å²) in [6.07, 6.45) is 0. The van der Waals surface area contributed by atoms with E-state index >= 15 is 0 Å². The molecule has 3 nitrogen and oxygen atoms in total. The number of ether oxygens (including phenoxy) is 2. The normalized spacial score (nSPS) is 10.7. The molecule has 0 aliphatic rings. The molecule has 2 aromatic carbocycles. The highest BCUT2D eigenvalue weighted by atomic mass is 35.5. The second-order valence-corrected chi connectivity index (χ2v) is 5.32. The monoisotopic (exact) mass is 305 g/mol. The first-order chi connectivity index (χ1) is 10.2. The van der Waals surface area contributed by atoms with Gasteiger partial charge < -0.3 is 9.47 Å². The number of methoxy groups -OCH3 is 2. The number of benzene rings is 2. The standard InChI is InChI=1S/C17H20ClNO2/c1-19(11-13-7-4-5-9-15(13)18)12-14-8-6-10-16(20-2)17(14)21-3/h4-10H,11-12H2,1-3H3. The Balaban J connectivity index is 2.13. The molecule has 0 atom stereocenters. The molecule has 0 unspecified atom stereocenters. The first kappa shape index (κ1) is 15.7.